The molecule has 21 heavy (non-hydrogen) atoms. The molecule has 3 N–H and O–H groups in total. The molecule has 0 unspecified atom stereocenters. The van der Waals surface area contributed by atoms with E-state index in [9.17, 15) is 8.78 Å². The van der Waals surface area contributed by atoms with Crippen molar-refractivity contribution in [2.75, 3.05) is 11.1 Å². The average Bonchev–Trinajstić information content (AvgIpc) is 2.48. The predicted octanol–water partition coefficient (Wildman–Crippen LogP) is 3.71. The molecule has 3 nitrogen and oxygen atoms in total. The summed E-state index contributed by atoms with van der Waals surface area (Å²) in [4.78, 5) is 4.22. The van der Waals surface area contributed by atoms with Crippen molar-refractivity contribution in [3.8, 4) is 0 Å². The van der Waals surface area contributed by atoms with Gasteiger partial charge in [0.15, 0.2) is 0 Å². The monoisotopic (exact) mass is 285 g/mol. The molecule has 0 saturated carbocycles. The van der Waals surface area contributed by atoms with Crippen molar-refractivity contribution >= 4 is 22.3 Å². The maximum atomic E-state index is 13.6. The second-order valence-corrected chi connectivity index (χ2v) is 4.69. The number of pyridine rings is 1. The fourth-order valence-electron chi connectivity index (χ4n) is 2.18. The van der Waals surface area contributed by atoms with Gasteiger partial charge in [0.25, 0.3) is 0 Å². The lowest BCUT2D eigenvalue weighted by Crippen LogP contribution is -2.05. The largest absolute Gasteiger partial charge is 0.397 e. The zero-order valence-corrected chi connectivity index (χ0v) is 11.1. The standard InChI is InChI=1S/C16H13F2N3/c17-11-4-3-10(13(18)8-11)9-21-15-6-5-14-12(16(15)19)2-1-7-20-14/h1-8,21H,9,19H2. The van der Waals surface area contributed by atoms with Crippen LogP contribution in [-0.4, -0.2) is 4.98 Å². The van der Waals surface area contributed by atoms with Gasteiger partial charge in [0.1, 0.15) is 11.6 Å². The first-order valence-electron chi connectivity index (χ1n) is 6.46. The molecule has 0 saturated heterocycles. The second kappa shape index (κ2) is 5.36. The zero-order valence-electron chi connectivity index (χ0n) is 11.1. The van der Waals surface area contributed by atoms with Crippen LogP contribution in [0.2, 0.25) is 0 Å². The molecule has 106 valence electrons. The number of nitrogens with zero attached hydrogens (tertiary/aromatic N) is 1. The first-order valence-corrected chi connectivity index (χ1v) is 6.46. The topological polar surface area (TPSA) is 50.9 Å². The fraction of sp³-hybridized carbons (Fsp3) is 0.0625. The summed E-state index contributed by atoms with van der Waals surface area (Å²) in [5.41, 5.74) is 8.52. The Balaban J connectivity index is 1.87. The van der Waals surface area contributed by atoms with Crippen LogP contribution >= 0.6 is 0 Å². The van der Waals surface area contributed by atoms with Gasteiger partial charge in [0.05, 0.1) is 16.9 Å². The van der Waals surface area contributed by atoms with E-state index in [-0.39, 0.29) is 6.54 Å². The predicted molar refractivity (Wildman–Crippen MR) is 79.8 cm³/mol. The van der Waals surface area contributed by atoms with Crippen LogP contribution in [-0.2, 0) is 6.54 Å². The number of nitrogens with one attached hydrogen (secondary N) is 1. The summed E-state index contributed by atoms with van der Waals surface area (Å²) >= 11 is 0. The van der Waals surface area contributed by atoms with E-state index in [2.05, 4.69) is 10.3 Å². The average molecular weight is 285 g/mol. The summed E-state index contributed by atoms with van der Waals surface area (Å²) in [5, 5.41) is 3.90. The second-order valence-electron chi connectivity index (χ2n) is 4.69. The minimum absolute atomic E-state index is 0.224. The minimum atomic E-state index is -0.590. The smallest absolute Gasteiger partial charge is 0.131 e. The molecular weight excluding hydrogens is 272 g/mol. The molecule has 0 aliphatic rings. The highest BCUT2D eigenvalue weighted by atomic mass is 19.1. The molecule has 0 spiro atoms. The third-order valence-corrected chi connectivity index (χ3v) is 3.31. The number of nitrogen functional groups attached to an aromatic ring is 1. The van der Waals surface area contributed by atoms with E-state index < -0.39 is 11.6 Å². The fourth-order valence-corrected chi connectivity index (χ4v) is 2.18. The molecule has 2 aromatic carbocycles. The van der Waals surface area contributed by atoms with Gasteiger partial charge < -0.3 is 11.1 Å². The molecule has 5 heteroatoms. The Morgan fingerprint density at radius 2 is 1.95 bits per heavy atom. The van der Waals surface area contributed by atoms with Crippen molar-refractivity contribution in [3.63, 3.8) is 0 Å². The van der Waals surface area contributed by atoms with Crippen LogP contribution in [0, 0.1) is 11.6 Å². The highest BCUT2D eigenvalue weighted by molar-refractivity contribution is 5.96. The van der Waals surface area contributed by atoms with E-state index in [1.807, 2.05) is 18.2 Å². The first-order chi connectivity index (χ1) is 10.1. The number of halogens is 2. The van der Waals surface area contributed by atoms with E-state index in [4.69, 9.17) is 5.73 Å². The Morgan fingerprint density at radius 1 is 1.10 bits per heavy atom. The Morgan fingerprint density at radius 3 is 2.76 bits per heavy atom. The van der Waals surface area contributed by atoms with Gasteiger partial charge in [0, 0.05) is 29.8 Å². The molecule has 0 bridgehead atoms. The number of fused-ring (bicyclic) bond motifs is 1. The van der Waals surface area contributed by atoms with Crippen molar-refractivity contribution in [1.82, 2.24) is 4.98 Å². The van der Waals surface area contributed by atoms with Crippen LogP contribution in [0.3, 0.4) is 0 Å². The summed E-state index contributed by atoms with van der Waals surface area (Å²) in [6, 6.07) is 10.8. The Hall–Kier alpha value is -2.69. The lowest BCUT2D eigenvalue weighted by Gasteiger charge is -2.12. The van der Waals surface area contributed by atoms with Gasteiger partial charge in [-0.3, -0.25) is 4.98 Å². The highest BCUT2D eigenvalue weighted by Gasteiger charge is 2.07. The molecule has 0 radical (unpaired) electrons. The van der Waals surface area contributed by atoms with Gasteiger partial charge in [0.2, 0.25) is 0 Å². The number of hydrogen-bond acceptors (Lipinski definition) is 3. The van der Waals surface area contributed by atoms with Gasteiger partial charge in [-0.05, 0) is 30.3 Å². The molecule has 1 heterocycles. The number of aromatic nitrogens is 1. The van der Waals surface area contributed by atoms with Crippen molar-refractivity contribution in [3.05, 3.63) is 65.9 Å². The van der Waals surface area contributed by atoms with E-state index in [0.717, 1.165) is 17.0 Å². The van der Waals surface area contributed by atoms with Crippen LogP contribution in [0.1, 0.15) is 5.56 Å². The zero-order chi connectivity index (χ0) is 14.8. The molecular formula is C16H13F2N3. The maximum Gasteiger partial charge on any atom is 0.131 e. The van der Waals surface area contributed by atoms with E-state index >= 15 is 0 Å². The Labute approximate surface area is 120 Å². The van der Waals surface area contributed by atoms with Gasteiger partial charge >= 0.3 is 0 Å². The molecule has 0 atom stereocenters. The Kier molecular flexibility index (Phi) is 3.39. The molecule has 0 aliphatic heterocycles. The van der Waals surface area contributed by atoms with E-state index in [1.165, 1.54) is 12.1 Å². The molecule has 0 fully saturated rings. The SMILES string of the molecule is Nc1c(NCc2ccc(F)cc2F)ccc2ncccc12. The van der Waals surface area contributed by atoms with Crippen LogP contribution in [0.4, 0.5) is 20.2 Å². The summed E-state index contributed by atoms with van der Waals surface area (Å²) < 4.78 is 26.4. The van der Waals surface area contributed by atoms with E-state index in [1.54, 1.807) is 12.3 Å². The number of benzene rings is 2. The molecule has 0 aliphatic carbocycles. The van der Waals surface area contributed by atoms with Crippen LogP contribution in [0.15, 0.2) is 48.7 Å². The maximum absolute atomic E-state index is 13.6. The van der Waals surface area contributed by atoms with Gasteiger partial charge in [-0.1, -0.05) is 6.07 Å². The third kappa shape index (κ3) is 2.63. The summed E-state index contributed by atoms with van der Waals surface area (Å²) in [6.07, 6.45) is 1.70. The molecule has 0 amide bonds. The first kappa shape index (κ1) is 13.3. The van der Waals surface area contributed by atoms with Crippen molar-refractivity contribution in [2.24, 2.45) is 0 Å². The van der Waals surface area contributed by atoms with E-state index in [0.29, 0.717) is 16.9 Å². The van der Waals surface area contributed by atoms with Crippen LogP contribution in [0.25, 0.3) is 10.9 Å². The summed E-state index contributed by atoms with van der Waals surface area (Å²) in [7, 11) is 0. The number of hydrogen-bond donors (Lipinski definition) is 2. The Bertz CT molecular complexity index is 803. The van der Waals surface area contributed by atoms with Gasteiger partial charge in [-0.2, -0.15) is 0 Å². The number of anilines is 2. The van der Waals surface area contributed by atoms with Crippen molar-refractivity contribution < 1.29 is 8.78 Å². The van der Waals surface area contributed by atoms with Gasteiger partial charge in [-0.25, -0.2) is 8.78 Å². The van der Waals surface area contributed by atoms with Crippen LogP contribution in [0.5, 0.6) is 0 Å². The van der Waals surface area contributed by atoms with Crippen molar-refractivity contribution in [2.45, 2.75) is 6.54 Å². The summed E-state index contributed by atoms with van der Waals surface area (Å²) in [5.74, 6) is -1.17. The lowest BCUT2D eigenvalue weighted by atomic mass is 10.1. The van der Waals surface area contributed by atoms with Gasteiger partial charge in [-0.15, -0.1) is 0 Å². The molecule has 1 aromatic heterocycles. The van der Waals surface area contributed by atoms with Crippen LogP contribution < -0.4 is 11.1 Å². The van der Waals surface area contributed by atoms with Crippen molar-refractivity contribution in [1.29, 1.82) is 0 Å². The molecule has 3 rings (SSSR count). The third-order valence-electron chi connectivity index (χ3n) is 3.31. The quantitative estimate of drug-likeness (QED) is 0.721. The summed E-state index contributed by atoms with van der Waals surface area (Å²) in [6.45, 7) is 0.224. The lowest BCUT2D eigenvalue weighted by molar-refractivity contribution is 0.574. The number of nitrogens with two attached hydrogens (primary N) is 1. The highest BCUT2D eigenvalue weighted by Crippen LogP contribution is 2.27. The minimum Gasteiger partial charge on any atom is -0.397 e. The number of rotatable bonds is 3. The molecule has 3 aromatic rings. The normalized spacial score (nSPS) is 10.8.